The summed E-state index contributed by atoms with van der Waals surface area (Å²) in [5.41, 5.74) is 1.45. The maximum absolute atomic E-state index is 11.8. The van der Waals surface area contributed by atoms with Crippen molar-refractivity contribution in [2.45, 2.75) is 12.9 Å². The molecule has 0 spiro atoms. The predicted octanol–water partition coefficient (Wildman–Crippen LogP) is 2.03. The Bertz CT molecular complexity index is 549. The fraction of sp³-hybridized carbons (Fsp3) is 0.133. The van der Waals surface area contributed by atoms with Crippen LogP contribution < -0.4 is 0 Å². The molecular formula is C15H14O4. The highest BCUT2D eigenvalue weighted by Gasteiger charge is 2.10. The molecule has 0 unspecified atom stereocenters. The molecule has 2 aromatic rings. The zero-order valence-electron chi connectivity index (χ0n) is 10.2. The van der Waals surface area contributed by atoms with Crippen molar-refractivity contribution in [2.75, 3.05) is 0 Å². The van der Waals surface area contributed by atoms with E-state index in [9.17, 15) is 4.79 Å². The third-order valence-corrected chi connectivity index (χ3v) is 2.63. The minimum absolute atomic E-state index is 0.186. The lowest BCUT2D eigenvalue weighted by atomic mass is 10.1. The average Bonchev–Trinajstić information content (AvgIpc) is 2.46. The fourth-order valence-corrected chi connectivity index (χ4v) is 1.63. The van der Waals surface area contributed by atoms with E-state index in [1.165, 1.54) is 12.1 Å². The van der Waals surface area contributed by atoms with E-state index in [4.69, 9.17) is 14.9 Å². The molecule has 0 aliphatic heterocycles. The minimum atomic E-state index is -1.60. The molecule has 4 heteroatoms. The van der Waals surface area contributed by atoms with Crippen LogP contribution in [0.25, 0.3) is 0 Å². The second-order valence-electron chi connectivity index (χ2n) is 4.06. The van der Waals surface area contributed by atoms with E-state index in [1.807, 2.05) is 30.3 Å². The number of esters is 1. The number of hydrogen-bond acceptors (Lipinski definition) is 4. The van der Waals surface area contributed by atoms with Crippen LogP contribution in [0, 0.1) is 0 Å². The lowest BCUT2D eigenvalue weighted by Crippen LogP contribution is -2.06. The molecule has 0 aliphatic rings. The van der Waals surface area contributed by atoms with Crippen molar-refractivity contribution in [3.63, 3.8) is 0 Å². The van der Waals surface area contributed by atoms with Crippen LogP contribution in [0.4, 0.5) is 0 Å². The number of carbonyl (C=O) groups excluding carboxylic acids is 1. The van der Waals surface area contributed by atoms with Crippen molar-refractivity contribution in [1.82, 2.24) is 0 Å². The maximum atomic E-state index is 11.8. The smallest absolute Gasteiger partial charge is 0.338 e. The fourth-order valence-electron chi connectivity index (χ4n) is 1.63. The van der Waals surface area contributed by atoms with Crippen molar-refractivity contribution in [1.29, 1.82) is 0 Å². The molecule has 4 nitrogen and oxygen atoms in total. The molecule has 0 radical (unpaired) electrons. The van der Waals surface area contributed by atoms with E-state index in [-0.39, 0.29) is 12.2 Å². The number of carbonyl (C=O) groups is 1. The third kappa shape index (κ3) is 3.64. The van der Waals surface area contributed by atoms with E-state index in [2.05, 4.69) is 0 Å². The predicted molar refractivity (Wildman–Crippen MR) is 69.2 cm³/mol. The molecule has 0 fully saturated rings. The summed E-state index contributed by atoms with van der Waals surface area (Å²) in [6.07, 6.45) is -1.60. The zero-order valence-corrected chi connectivity index (χ0v) is 10.2. The summed E-state index contributed by atoms with van der Waals surface area (Å²) >= 11 is 0. The standard InChI is InChI=1S/C15H14O4/c16-14(17)12-7-4-8-13(9-12)15(18)19-10-11-5-2-1-3-6-11/h1-9,14,16-17H,10H2. The van der Waals surface area contributed by atoms with Crippen LogP contribution in [0.5, 0.6) is 0 Å². The second-order valence-corrected chi connectivity index (χ2v) is 4.06. The molecule has 0 aromatic heterocycles. The van der Waals surface area contributed by atoms with Crippen LogP contribution in [-0.2, 0) is 11.3 Å². The Labute approximate surface area is 110 Å². The normalized spacial score (nSPS) is 10.5. The number of aliphatic hydroxyl groups excluding tert-OH is 1. The van der Waals surface area contributed by atoms with Gasteiger partial charge in [-0.3, -0.25) is 0 Å². The first-order valence-corrected chi connectivity index (χ1v) is 5.84. The van der Waals surface area contributed by atoms with Crippen LogP contribution in [0.3, 0.4) is 0 Å². The summed E-state index contributed by atoms with van der Waals surface area (Å²) in [5.74, 6) is -0.494. The SMILES string of the molecule is O=C(OCc1ccccc1)c1cccc(C(O)O)c1. The largest absolute Gasteiger partial charge is 0.457 e. The van der Waals surface area contributed by atoms with E-state index in [1.54, 1.807) is 12.1 Å². The molecule has 19 heavy (non-hydrogen) atoms. The summed E-state index contributed by atoms with van der Waals surface area (Å²) in [5, 5.41) is 18.1. The number of rotatable bonds is 4. The van der Waals surface area contributed by atoms with Crippen molar-refractivity contribution in [3.05, 3.63) is 71.3 Å². The molecule has 0 aliphatic carbocycles. The Morgan fingerprint density at radius 3 is 2.47 bits per heavy atom. The van der Waals surface area contributed by atoms with Gasteiger partial charge in [0.15, 0.2) is 6.29 Å². The number of aliphatic hydroxyl groups is 2. The van der Waals surface area contributed by atoms with Crippen molar-refractivity contribution < 1.29 is 19.7 Å². The molecule has 0 heterocycles. The van der Waals surface area contributed by atoms with Crippen molar-refractivity contribution >= 4 is 5.97 Å². The quantitative estimate of drug-likeness (QED) is 0.650. The first-order valence-electron chi connectivity index (χ1n) is 5.84. The Morgan fingerprint density at radius 2 is 1.79 bits per heavy atom. The zero-order chi connectivity index (χ0) is 13.7. The summed E-state index contributed by atoms with van der Waals surface area (Å²) in [7, 11) is 0. The van der Waals surface area contributed by atoms with Crippen molar-refractivity contribution in [2.24, 2.45) is 0 Å². The lowest BCUT2D eigenvalue weighted by molar-refractivity contribution is -0.0425. The van der Waals surface area contributed by atoms with Gasteiger partial charge in [-0.1, -0.05) is 42.5 Å². The lowest BCUT2D eigenvalue weighted by Gasteiger charge is -2.07. The molecule has 0 bridgehead atoms. The number of hydrogen-bond donors (Lipinski definition) is 2. The molecule has 0 atom stereocenters. The van der Waals surface area contributed by atoms with Crippen LogP contribution in [0.1, 0.15) is 27.8 Å². The van der Waals surface area contributed by atoms with Gasteiger partial charge in [-0.2, -0.15) is 0 Å². The number of benzene rings is 2. The monoisotopic (exact) mass is 258 g/mol. The van der Waals surface area contributed by atoms with Gasteiger partial charge in [-0.15, -0.1) is 0 Å². The minimum Gasteiger partial charge on any atom is -0.457 e. The van der Waals surface area contributed by atoms with Crippen molar-refractivity contribution in [3.8, 4) is 0 Å². The van der Waals surface area contributed by atoms with Gasteiger partial charge >= 0.3 is 5.97 Å². The molecule has 2 rings (SSSR count). The van der Waals surface area contributed by atoms with Crippen LogP contribution in [0.15, 0.2) is 54.6 Å². The first kappa shape index (κ1) is 13.3. The van der Waals surface area contributed by atoms with Gasteiger partial charge in [-0.05, 0) is 17.7 Å². The maximum Gasteiger partial charge on any atom is 0.338 e. The topological polar surface area (TPSA) is 66.8 Å². The second kappa shape index (κ2) is 6.13. The van der Waals surface area contributed by atoms with Gasteiger partial charge in [0.1, 0.15) is 6.61 Å². The van der Waals surface area contributed by atoms with Gasteiger partial charge in [0, 0.05) is 5.56 Å². The van der Waals surface area contributed by atoms with Gasteiger partial charge < -0.3 is 14.9 Å². The van der Waals surface area contributed by atoms with Crippen LogP contribution >= 0.6 is 0 Å². The summed E-state index contributed by atoms with van der Waals surface area (Å²) in [4.78, 5) is 11.8. The van der Waals surface area contributed by atoms with E-state index in [0.717, 1.165) is 5.56 Å². The molecule has 0 amide bonds. The number of ether oxygens (including phenoxy) is 1. The molecule has 2 aromatic carbocycles. The Kier molecular flexibility index (Phi) is 4.28. The van der Waals surface area contributed by atoms with Gasteiger partial charge in [-0.25, -0.2) is 4.79 Å². The highest BCUT2D eigenvalue weighted by Crippen LogP contribution is 2.13. The molecule has 0 saturated heterocycles. The summed E-state index contributed by atoms with van der Waals surface area (Å²) < 4.78 is 5.15. The van der Waals surface area contributed by atoms with Gasteiger partial charge in [0.25, 0.3) is 0 Å². The Balaban J connectivity index is 2.02. The Morgan fingerprint density at radius 1 is 1.05 bits per heavy atom. The summed E-state index contributed by atoms with van der Waals surface area (Å²) in [6.45, 7) is 0.186. The van der Waals surface area contributed by atoms with E-state index < -0.39 is 12.3 Å². The van der Waals surface area contributed by atoms with Crippen LogP contribution in [0.2, 0.25) is 0 Å². The molecular weight excluding hydrogens is 244 g/mol. The molecule has 2 N–H and O–H groups in total. The van der Waals surface area contributed by atoms with E-state index in [0.29, 0.717) is 5.56 Å². The van der Waals surface area contributed by atoms with E-state index >= 15 is 0 Å². The molecule has 0 saturated carbocycles. The van der Waals surface area contributed by atoms with Gasteiger partial charge in [0.05, 0.1) is 5.56 Å². The molecule has 98 valence electrons. The first-order chi connectivity index (χ1) is 9.16. The van der Waals surface area contributed by atoms with Crippen LogP contribution in [-0.4, -0.2) is 16.2 Å². The third-order valence-electron chi connectivity index (χ3n) is 2.63. The highest BCUT2D eigenvalue weighted by atomic mass is 16.5. The average molecular weight is 258 g/mol. The summed E-state index contributed by atoms with van der Waals surface area (Å²) in [6, 6.07) is 15.4. The highest BCUT2D eigenvalue weighted by molar-refractivity contribution is 5.89. The van der Waals surface area contributed by atoms with Gasteiger partial charge in [0.2, 0.25) is 0 Å². The Hall–Kier alpha value is -2.17.